The monoisotopic (exact) mass is 311 g/mol. The topological polar surface area (TPSA) is 61.4 Å². The van der Waals surface area contributed by atoms with Crippen LogP contribution in [0.25, 0.3) is 0 Å². The molecule has 0 radical (unpaired) electrons. The van der Waals surface area contributed by atoms with Gasteiger partial charge in [-0.25, -0.2) is 0 Å². The summed E-state index contributed by atoms with van der Waals surface area (Å²) in [5.41, 5.74) is 0.356. The van der Waals surface area contributed by atoms with Gasteiger partial charge in [-0.15, -0.1) is 12.4 Å². The Morgan fingerprint density at radius 2 is 2.00 bits per heavy atom. The summed E-state index contributed by atoms with van der Waals surface area (Å²) in [5, 5.41) is 5.98. The molecule has 1 atom stereocenters. The molecule has 2 N–H and O–H groups in total. The number of benzene rings is 1. The van der Waals surface area contributed by atoms with E-state index in [0.29, 0.717) is 6.54 Å². The van der Waals surface area contributed by atoms with Crippen LogP contribution in [0.2, 0.25) is 0 Å². The Morgan fingerprint density at radius 1 is 1.33 bits per heavy atom. The fourth-order valence-corrected chi connectivity index (χ4v) is 2.47. The molecule has 116 valence electrons. The number of nitrogens with zero attached hydrogens (tertiary/aromatic N) is 1. The third kappa shape index (κ3) is 4.44. The molecular weight excluding hydrogens is 290 g/mol. The van der Waals surface area contributed by atoms with Crippen LogP contribution in [-0.2, 0) is 9.59 Å². The second-order valence-electron chi connectivity index (χ2n) is 5.56. The van der Waals surface area contributed by atoms with Gasteiger partial charge in [0.2, 0.25) is 11.8 Å². The number of para-hydroxylation sites is 1. The van der Waals surface area contributed by atoms with Crippen LogP contribution in [0.4, 0.5) is 5.69 Å². The molecule has 21 heavy (non-hydrogen) atoms. The van der Waals surface area contributed by atoms with Crippen LogP contribution >= 0.6 is 12.4 Å². The van der Waals surface area contributed by atoms with Crippen molar-refractivity contribution in [2.45, 2.75) is 13.3 Å². The number of hydrogen-bond acceptors (Lipinski definition) is 3. The lowest BCUT2D eigenvalue weighted by Gasteiger charge is -2.27. The Hall–Kier alpha value is -1.59. The van der Waals surface area contributed by atoms with Crippen LogP contribution in [0.15, 0.2) is 30.3 Å². The van der Waals surface area contributed by atoms with Gasteiger partial charge >= 0.3 is 0 Å². The molecule has 0 bridgehead atoms. The molecule has 2 rings (SSSR count). The van der Waals surface area contributed by atoms with Crippen LogP contribution < -0.4 is 10.6 Å². The van der Waals surface area contributed by atoms with E-state index in [2.05, 4.69) is 10.6 Å². The maximum Gasteiger partial charge on any atom is 0.243 e. The van der Waals surface area contributed by atoms with E-state index in [1.807, 2.05) is 37.3 Å². The summed E-state index contributed by atoms with van der Waals surface area (Å²) < 4.78 is 0. The Kier molecular flexibility index (Phi) is 6.18. The summed E-state index contributed by atoms with van der Waals surface area (Å²) in [6.45, 7) is 3.55. The maximum atomic E-state index is 12.4. The maximum absolute atomic E-state index is 12.4. The number of rotatable bonds is 4. The summed E-state index contributed by atoms with van der Waals surface area (Å²) in [6.07, 6.45) is 0.816. The molecule has 5 nitrogen and oxygen atoms in total. The average molecular weight is 312 g/mol. The summed E-state index contributed by atoms with van der Waals surface area (Å²) in [4.78, 5) is 25.8. The van der Waals surface area contributed by atoms with Crippen molar-refractivity contribution in [3.05, 3.63) is 30.3 Å². The molecule has 0 saturated carbocycles. The van der Waals surface area contributed by atoms with Gasteiger partial charge in [0, 0.05) is 19.3 Å². The van der Waals surface area contributed by atoms with E-state index >= 15 is 0 Å². The van der Waals surface area contributed by atoms with Gasteiger partial charge in [0.15, 0.2) is 0 Å². The number of likely N-dealkylation sites (N-methyl/N-ethyl adjacent to an activating group) is 1. The Bertz CT molecular complexity index is 487. The molecule has 0 spiro atoms. The highest BCUT2D eigenvalue weighted by Gasteiger charge is 2.38. The highest BCUT2D eigenvalue weighted by molar-refractivity contribution is 5.95. The number of halogens is 1. The van der Waals surface area contributed by atoms with Gasteiger partial charge in [-0.05, 0) is 32.0 Å². The highest BCUT2D eigenvalue weighted by atomic mass is 35.5. The SMILES string of the molecule is CN(CC(=O)Nc1ccccc1)C(=O)C1(C)CCNC1.Cl. The third-order valence-corrected chi connectivity index (χ3v) is 3.67. The van der Waals surface area contributed by atoms with E-state index in [-0.39, 0.29) is 36.2 Å². The molecule has 1 aliphatic heterocycles. The molecular formula is C15H22ClN3O2. The Balaban J connectivity index is 0.00000220. The van der Waals surface area contributed by atoms with Gasteiger partial charge in [-0.2, -0.15) is 0 Å². The first-order chi connectivity index (χ1) is 9.51. The van der Waals surface area contributed by atoms with Gasteiger partial charge in [0.25, 0.3) is 0 Å². The zero-order valence-electron chi connectivity index (χ0n) is 12.4. The molecule has 1 aromatic carbocycles. The molecule has 0 aromatic heterocycles. The van der Waals surface area contributed by atoms with Crippen molar-refractivity contribution >= 4 is 29.9 Å². The minimum atomic E-state index is -0.387. The molecule has 1 saturated heterocycles. The number of carbonyl (C=O) groups excluding carboxylic acids is 2. The standard InChI is InChI=1S/C15H21N3O2.ClH/c1-15(8-9-16-11-15)14(20)18(2)10-13(19)17-12-6-4-3-5-7-12;/h3-7,16H,8-11H2,1-2H3,(H,17,19);1H. The molecule has 1 aliphatic rings. The van der Waals surface area contributed by atoms with Gasteiger partial charge in [-0.1, -0.05) is 18.2 Å². The first-order valence-electron chi connectivity index (χ1n) is 6.82. The van der Waals surface area contributed by atoms with Gasteiger partial charge in [0.1, 0.15) is 0 Å². The summed E-state index contributed by atoms with van der Waals surface area (Å²) >= 11 is 0. The lowest BCUT2D eigenvalue weighted by atomic mass is 9.88. The molecule has 1 fully saturated rings. The fraction of sp³-hybridized carbons (Fsp3) is 0.467. The normalized spacial score (nSPS) is 20.5. The van der Waals surface area contributed by atoms with Crippen molar-refractivity contribution in [3.63, 3.8) is 0 Å². The predicted molar refractivity (Wildman–Crippen MR) is 85.6 cm³/mol. The molecule has 1 aromatic rings. The zero-order valence-corrected chi connectivity index (χ0v) is 13.2. The lowest BCUT2D eigenvalue weighted by molar-refractivity contribution is -0.141. The van der Waals surface area contributed by atoms with E-state index < -0.39 is 0 Å². The van der Waals surface area contributed by atoms with Crippen molar-refractivity contribution in [2.75, 3.05) is 32.0 Å². The minimum absolute atomic E-state index is 0. The van der Waals surface area contributed by atoms with Crippen LogP contribution in [0.5, 0.6) is 0 Å². The van der Waals surface area contributed by atoms with Crippen LogP contribution in [0.3, 0.4) is 0 Å². The predicted octanol–water partition coefficient (Wildman–Crippen LogP) is 1.50. The highest BCUT2D eigenvalue weighted by Crippen LogP contribution is 2.26. The fourth-order valence-electron chi connectivity index (χ4n) is 2.47. The number of carbonyl (C=O) groups is 2. The largest absolute Gasteiger partial charge is 0.336 e. The summed E-state index contributed by atoms with van der Waals surface area (Å²) in [5.74, 6) is -0.160. The smallest absolute Gasteiger partial charge is 0.243 e. The van der Waals surface area contributed by atoms with Crippen molar-refractivity contribution in [1.29, 1.82) is 0 Å². The van der Waals surface area contributed by atoms with Crippen molar-refractivity contribution < 1.29 is 9.59 Å². The van der Waals surface area contributed by atoms with E-state index in [4.69, 9.17) is 0 Å². The number of nitrogens with one attached hydrogen (secondary N) is 2. The van der Waals surface area contributed by atoms with Crippen molar-refractivity contribution in [3.8, 4) is 0 Å². The van der Waals surface area contributed by atoms with E-state index in [1.165, 1.54) is 4.90 Å². The Morgan fingerprint density at radius 3 is 2.57 bits per heavy atom. The van der Waals surface area contributed by atoms with Gasteiger partial charge in [-0.3, -0.25) is 9.59 Å². The molecule has 0 aliphatic carbocycles. The lowest BCUT2D eigenvalue weighted by Crippen LogP contribution is -2.44. The molecule has 1 heterocycles. The van der Waals surface area contributed by atoms with Crippen molar-refractivity contribution in [2.24, 2.45) is 5.41 Å². The molecule has 6 heteroatoms. The second kappa shape index (κ2) is 7.43. The van der Waals surface area contributed by atoms with E-state index in [9.17, 15) is 9.59 Å². The van der Waals surface area contributed by atoms with Crippen LogP contribution in [-0.4, -0.2) is 43.4 Å². The summed E-state index contributed by atoms with van der Waals surface area (Å²) in [7, 11) is 1.68. The van der Waals surface area contributed by atoms with E-state index in [1.54, 1.807) is 7.05 Å². The molecule has 1 unspecified atom stereocenters. The van der Waals surface area contributed by atoms with E-state index in [0.717, 1.165) is 18.7 Å². The second-order valence-corrected chi connectivity index (χ2v) is 5.56. The minimum Gasteiger partial charge on any atom is -0.336 e. The van der Waals surface area contributed by atoms with Gasteiger partial charge < -0.3 is 15.5 Å². The van der Waals surface area contributed by atoms with Gasteiger partial charge in [0.05, 0.1) is 12.0 Å². The van der Waals surface area contributed by atoms with Crippen LogP contribution in [0.1, 0.15) is 13.3 Å². The quantitative estimate of drug-likeness (QED) is 0.886. The molecule has 2 amide bonds. The first-order valence-corrected chi connectivity index (χ1v) is 6.82. The first kappa shape index (κ1) is 17.5. The third-order valence-electron chi connectivity index (χ3n) is 3.67. The number of amides is 2. The van der Waals surface area contributed by atoms with Crippen molar-refractivity contribution in [1.82, 2.24) is 10.2 Å². The zero-order chi connectivity index (χ0) is 14.6. The average Bonchev–Trinajstić information content (AvgIpc) is 2.87. The number of anilines is 1. The number of hydrogen-bond donors (Lipinski definition) is 2. The summed E-state index contributed by atoms with van der Waals surface area (Å²) in [6, 6.07) is 9.24. The van der Waals surface area contributed by atoms with Crippen LogP contribution in [0, 0.1) is 5.41 Å². The Labute approximate surface area is 131 Å².